The van der Waals surface area contributed by atoms with Gasteiger partial charge in [-0.15, -0.1) is 0 Å². The number of halogens is 1. The van der Waals surface area contributed by atoms with Gasteiger partial charge in [0.25, 0.3) is 0 Å². The normalized spacial score (nSPS) is 15.0. The molecule has 0 unspecified atom stereocenters. The van der Waals surface area contributed by atoms with Gasteiger partial charge in [0.2, 0.25) is 11.8 Å². The van der Waals surface area contributed by atoms with Crippen LogP contribution in [0.4, 0.5) is 10.1 Å². The number of carbonyl (C=O) groups excluding carboxylic acids is 2. The Bertz CT molecular complexity index is 856. The van der Waals surface area contributed by atoms with Crippen molar-refractivity contribution in [2.24, 2.45) is 0 Å². The van der Waals surface area contributed by atoms with Crippen LogP contribution in [0.5, 0.6) is 0 Å². The molecule has 3 rings (SSSR count). The standard InChI is InChI=1S/C22H24FN3O2/c1-17-5-7-18(8-6-17)9-10-22(28)26-13-11-25(12-14-26)16-21(27)24-20-4-2-3-19(23)15-20/h2-10,15H,11-14,16H2,1H3,(H,24,27)/b10-9+. The van der Waals surface area contributed by atoms with Gasteiger partial charge in [-0.2, -0.15) is 0 Å². The fourth-order valence-electron chi connectivity index (χ4n) is 3.05. The smallest absolute Gasteiger partial charge is 0.246 e. The van der Waals surface area contributed by atoms with Gasteiger partial charge in [-0.3, -0.25) is 14.5 Å². The van der Waals surface area contributed by atoms with Gasteiger partial charge in [-0.25, -0.2) is 4.39 Å². The summed E-state index contributed by atoms with van der Waals surface area (Å²) in [5.74, 6) is -0.599. The molecule has 0 aliphatic carbocycles. The van der Waals surface area contributed by atoms with Gasteiger partial charge in [-0.1, -0.05) is 35.9 Å². The predicted molar refractivity (Wildman–Crippen MR) is 108 cm³/mol. The molecule has 1 aliphatic heterocycles. The summed E-state index contributed by atoms with van der Waals surface area (Å²) in [7, 11) is 0. The molecular formula is C22H24FN3O2. The number of nitrogens with one attached hydrogen (secondary N) is 1. The summed E-state index contributed by atoms with van der Waals surface area (Å²) in [6.07, 6.45) is 3.41. The second-order valence-corrected chi connectivity index (χ2v) is 6.90. The molecule has 1 fully saturated rings. The van der Waals surface area contributed by atoms with Crippen LogP contribution in [0.3, 0.4) is 0 Å². The first-order chi connectivity index (χ1) is 13.5. The SMILES string of the molecule is Cc1ccc(/C=C/C(=O)N2CCN(CC(=O)Nc3cccc(F)c3)CC2)cc1. The van der Waals surface area contributed by atoms with Crippen LogP contribution in [-0.4, -0.2) is 54.3 Å². The molecule has 2 amide bonds. The number of amides is 2. The summed E-state index contributed by atoms with van der Waals surface area (Å²) in [6, 6.07) is 13.8. The maximum absolute atomic E-state index is 13.2. The Morgan fingerprint density at radius 1 is 1.07 bits per heavy atom. The van der Waals surface area contributed by atoms with Gasteiger partial charge in [-0.05, 0) is 36.8 Å². The van der Waals surface area contributed by atoms with Crippen LogP contribution < -0.4 is 5.32 Å². The van der Waals surface area contributed by atoms with E-state index in [2.05, 4.69) is 5.32 Å². The number of piperazine rings is 1. The Morgan fingerprint density at radius 2 is 1.79 bits per heavy atom. The lowest BCUT2D eigenvalue weighted by molar-refractivity contribution is -0.127. The highest BCUT2D eigenvalue weighted by Gasteiger charge is 2.21. The molecule has 0 bridgehead atoms. The Kier molecular flexibility index (Phi) is 6.55. The quantitative estimate of drug-likeness (QED) is 0.811. The van der Waals surface area contributed by atoms with Crippen molar-refractivity contribution in [1.82, 2.24) is 9.80 Å². The number of carbonyl (C=O) groups is 2. The van der Waals surface area contributed by atoms with E-state index in [1.165, 1.54) is 17.7 Å². The van der Waals surface area contributed by atoms with Crippen molar-refractivity contribution in [2.45, 2.75) is 6.92 Å². The highest BCUT2D eigenvalue weighted by atomic mass is 19.1. The van der Waals surface area contributed by atoms with E-state index in [1.54, 1.807) is 23.1 Å². The van der Waals surface area contributed by atoms with Gasteiger partial charge < -0.3 is 10.2 Å². The monoisotopic (exact) mass is 381 g/mol. The van der Waals surface area contributed by atoms with Gasteiger partial charge >= 0.3 is 0 Å². The van der Waals surface area contributed by atoms with Crippen molar-refractivity contribution >= 4 is 23.6 Å². The number of rotatable bonds is 5. The number of nitrogens with zero attached hydrogens (tertiary/aromatic N) is 2. The Labute approximate surface area is 164 Å². The minimum Gasteiger partial charge on any atom is -0.337 e. The van der Waals surface area contributed by atoms with Crippen LogP contribution in [0.25, 0.3) is 6.08 Å². The lowest BCUT2D eigenvalue weighted by Gasteiger charge is -2.33. The Balaban J connectivity index is 1.44. The van der Waals surface area contributed by atoms with Crippen LogP contribution in [-0.2, 0) is 9.59 Å². The van der Waals surface area contributed by atoms with Crippen molar-refractivity contribution in [3.8, 4) is 0 Å². The first-order valence-corrected chi connectivity index (χ1v) is 9.31. The largest absolute Gasteiger partial charge is 0.337 e. The molecule has 0 spiro atoms. The Morgan fingerprint density at radius 3 is 2.46 bits per heavy atom. The molecule has 5 nitrogen and oxygen atoms in total. The first kappa shape index (κ1) is 19.8. The van der Waals surface area contributed by atoms with Crippen molar-refractivity contribution in [2.75, 3.05) is 38.0 Å². The topological polar surface area (TPSA) is 52.7 Å². The molecule has 1 N–H and O–H groups in total. The maximum Gasteiger partial charge on any atom is 0.246 e. The molecule has 0 saturated carbocycles. The minimum absolute atomic E-state index is 0.0237. The van der Waals surface area contributed by atoms with Gasteiger partial charge in [0.15, 0.2) is 0 Å². The lowest BCUT2D eigenvalue weighted by Crippen LogP contribution is -2.50. The molecule has 146 valence electrons. The average molecular weight is 381 g/mol. The maximum atomic E-state index is 13.2. The van der Waals surface area contributed by atoms with Crippen molar-refractivity contribution in [1.29, 1.82) is 0 Å². The van der Waals surface area contributed by atoms with Crippen LogP contribution in [0.2, 0.25) is 0 Å². The highest BCUT2D eigenvalue weighted by molar-refractivity contribution is 5.93. The van der Waals surface area contributed by atoms with E-state index < -0.39 is 0 Å². The van der Waals surface area contributed by atoms with Gasteiger partial charge in [0.05, 0.1) is 6.54 Å². The summed E-state index contributed by atoms with van der Waals surface area (Å²) in [4.78, 5) is 28.2. The minimum atomic E-state index is -0.386. The molecule has 6 heteroatoms. The summed E-state index contributed by atoms with van der Waals surface area (Å²) in [5.41, 5.74) is 2.62. The highest BCUT2D eigenvalue weighted by Crippen LogP contribution is 2.10. The third kappa shape index (κ3) is 5.76. The van der Waals surface area contributed by atoms with E-state index in [4.69, 9.17) is 0 Å². The van der Waals surface area contributed by atoms with E-state index in [1.807, 2.05) is 42.2 Å². The second kappa shape index (κ2) is 9.28. The Hall–Kier alpha value is -2.99. The van der Waals surface area contributed by atoms with Crippen LogP contribution >= 0.6 is 0 Å². The molecule has 0 atom stereocenters. The number of hydrogen-bond acceptors (Lipinski definition) is 3. The zero-order chi connectivity index (χ0) is 19.9. The summed E-state index contributed by atoms with van der Waals surface area (Å²) in [6.45, 7) is 4.64. The van der Waals surface area contributed by atoms with Crippen LogP contribution in [0.1, 0.15) is 11.1 Å². The molecule has 1 heterocycles. The van der Waals surface area contributed by atoms with E-state index in [0.717, 1.165) is 5.56 Å². The summed E-state index contributed by atoms with van der Waals surface area (Å²) in [5, 5.41) is 2.69. The number of anilines is 1. The fraction of sp³-hybridized carbons (Fsp3) is 0.273. The molecule has 28 heavy (non-hydrogen) atoms. The molecule has 1 saturated heterocycles. The lowest BCUT2D eigenvalue weighted by atomic mass is 10.1. The third-order valence-corrected chi connectivity index (χ3v) is 4.66. The molecule has 2 aromatic rings. The molecule has 2 aromatic carbocycles. The van der Waals surface area contributed by atoms with Gasteiger partial charge in [0, 0.05) is 37.9 Å². The van der Waals surface area contributed by atoms with E-state index in [-0.39, 0.29) is 24.2 Å². The van der Waals surface area contributed by atoms with Crippen molar-refractivity contribution < 1.29 is 14.0 Å². The van der Waals surface area contributed by atoms with E-state index in [9.17, 15) is 14.0 Å². The second-order valence-electron chi connectivity index (χ2n) is 6.90. The van der Waals surface area contributed by atoms with Crippen LogP contribution in [0.15, 0.2) is 54.6 Å². The molecular weight excluding hydrogens is 357 g/mol. The first-order valence-electron chi connectivity index (χ1n) is 9.31. The molecule has 0 aromatic heterocycles. The molecule has 1 aliphatic rings. The van der Waals surface area contributed by atoms with Crippen molar-refractivity contribution in [3.05, 3.63) is 71.6 Å². The van der Waals surface area contributed by atoms with E-state index in [0.29, 0.717) is 31.9 Å². The zero-order valence-corrected chi connectivity index (χ0v) is 15.9. The third-order valence-electron chi connectivity index (χ3n) is 4.66. The predicted octanol–water partition coefficient (Wildman–Crippen LogP) is 2.93. The summed E-state index contributed by atoms with van der Waals surface area (Å²) < 4.78 is 13.2. The average Bonchev–Trinajstić information content (AvgIpc) is 2.68. The number of aryl methyl sites for hydroxylation is 1. The molecule has 0 radical (unpaired) electrons. The zero-order valence-electron chi connectivity index (χ0n) is 15.9. The number of benzene rings is 2. The fourth-order valence-corrected chi connectivity index (χ4v) is 3.05. The number of hydrogen-bond donors (Lipinski definition) is 1. The van der Waals surface area contributed by atoms with E-state index >= 15 is 0 Å². The van der Waals surface area contributed by atoms with Crippen LogP contribution in [0, 0.1) is 12.7 Å². The van der Waals surface area contributed by atoms with Crippen molar-refractivity contribution in [3.63, 3.8) is 0 Å². The van der Waals surface area contributed by atoms with Gasteiger partial charge in [0.1, 0.15) is 5.82 Å². The summed E-state index contributed by atoms with van der Waals surface area (Å²) >= 11 is 0.